The van der Waals surface area contributed by atoms with Gasteiger partial charge >= 0.3 is 5.97 Å². The third-order valence-electron chi connectivity index (χ3n) is 5.04. The monoisotopic (exact) mass is 421 g/mol. The number of carbonyl (C=O) groups excluding carboxylic acids is 1. The highest BCUT2D eigenvalue weighted by Gasteiger charge is 2.21. The maximum atomic E-state index is 13.6. The number of esters is 1. The van der Waals surface area contributed by atoms with E-state index in [4.69, 9.17) is 19.1 Å². The van der Waals surface area contributed by atoms with Crippen LogP contribution in [0.25, 0.3) is 33.5 Å². The van der Waals surface area contributed by atoms with E-state index in [0.29, 0.717) is 44.8 Å². The third kappa shape index (κ3) is 4.08. The van der Waals surface area contributed by atoms with Crippen molar-refractivity contribution < 1.29 is 18.3 Å². The van der Waals surface area contributed by atoms with Gasteiger partial charge in [-0.1, -0.05) is 0 Å². The number of hydrogen-bond acceptors (Lipinski definition) is 6. The van der Waals surface area contributed by atoms with Gasteiger partial charge in [0.25, 0.3) is 0 Å². The maximum Gasteiger partial charge on any atom is 0.338 e. The van der Waals surface area contributed by atoms with Crippen LogP contribution in [0.1, 0.15) is 38.1 Å². The normalized spacial score (nSPS) is 11.6. The second-order valence-corrected chi connectivity index (χ2v) is 8.05. The Balaban J connectivity index is 1.88. The van der Waals surface area contributed by atoms with Crippen molar-refractivity contribution in [3.8, 4) is 11.5 Å². The van der Waals surface area contributed by atoms with Crippen molar-refractivity contribution in [1.29, 1.82) is 0 Å². The van der Waals surface area contributed by atoms with Crippen LogP contribution < -0.4 is 4.90 Å². The number of furan rings is 1. The Bertz CT molecular complexity index is 1280. The summed E-state index contributed by atoms with van der Waals surface area (Å²) in [5.41, 5.74) is 2.73. The van der Waals surface area contributed by atoms with E-state index in [2.05, 4.69) is 0 Å². The molecule has 6 nitrogen and oxygen atoms in total. The first-order valence-corrected chi connectivity index (χ1v) is 10.2. The number of aromatic nitrogens is 2. The summed E-state index contributed by atoms with van der Waals surface area (Å²) in [7, 11) is 1.92. The van der Waals surface area contributed by atoms with Gasteiger partial charge in [0.15, 0.2) is 11.6 Å². The lowest BCUT2D eigenvalue weighted by molar-refractivity contribution is 0.0378. The molecule has 31 heavy (non-hydrogen) atoms. The third-order valence-corrected chi connectivity index (χ3v) is 5.04. The summed E-state index contributed by atoms with van der Waals surface area (Å²) in [6.45, 7) is 7.69. The van der Waals surface area contributed by atoms with Crippen LogP contribution in [0.15, 0.2) is 46.9 Å². The number of anilines is 1. The first kappa shape index (κ1) is 20.8. The fourth-order valence-corrected chi connectivity index (χ4v) is 3.24. The van der Waals surface area contributed by atoms with Crippen molar-refractivity contribution in [2.24, 2.45) is 0 Å². The van der Waals surface area contributed by atoms with E-state index in [-0.39, 0.29) is 18.0 Å². The second-order valence-electron chi connectivity index (χ2n) is 8.05. The summed E-state index contributed by atoms with van der Waals surface area (Å²) in [6.07, 6.45) is -0.211. The van der Waals surface area contributed by atoms with Gasteiger partial charge < -0.3 is 14.1 Å². The first-order chi connectivity index (χ1) is 14.7. The summed E-state index contributed by atoms with van der Waals surface area (Å²) < 4.78 is 24.9. The molecule has 0 spiro atoms. The van der Waals surface area contributed by atoms with Crippen LogP contribution in [0.2, 0.25) is 0 Å². The molecule has 2 heterocycles. The lowest BCUT2D eigenvalue weighted by Gasteiger charge is -2.24. The summed E-state index contributed by atoms with van der Waals surface area (Å²) in [5, 5.41) is 0.654. The lowest BCUT2D eigenvalue weighted by Crippen LogP contribution is -2.27. The average Bonchev–Trinajstić information content (AvgIpc) is 3.14. The minimum atomic E-state index is -0.402. The van der Waals surface area contributed by atoms with E-state index in [9.17, 15) is 9.18 Å². The Kier molecular flexibility index (Phi) is 5.35. The Hall–Kier alpha value is -3.48. The number of nitrogens with zero attached hydrogens (tertiary/aromatic N) is 3. The Morgan fingerprint density at radius 3 is 2.52 bits per heavy atom. The number of fused-ring (bicyclic) bond motifs is 2. The van der Waals surface area contributed by atoms with Crippen LogP contribution in [0.3, 0.4) is 0 Å². The Morgan fingerprint density at radius 1 is 1.03 bits per heavy atom. The Labute approximate surface area is 179 Å². The van der Waals surface area contributed by atoms with Gasteiger partial charge in [-0.2, -0.15) is 0 Å². The van der Waals surface area contributed by atoms with Gasteiger partial charge in [-0.15, -0.1) is 0 Å². The number of halogens is 1. The number of carbonyl (C=O) groups is 1. The van der Waals surface area contributed by atoms with Crippen molar-refractivity contribution in [1.82, 2.24) is 9.97 Å². The smallest absolute Gasteiger partial charge is 0.338 e. The number of hydrogen-bond donors (Lipinski definition) is 0. The van der Waals surface area contributed by atoms with Crippen molar-refractivity contribution >= 4 is 33.8 Å². The molecular formula is C24H24FN3O3. The quantitative estimate of drug-likeness (QED) is 0.391. The number of ether oxygens (including phenoxy) is 1. The summed E-state index contributed by atoms with van der Waals surface area (Å²) in [5.74, 6) is 0.378. The molecule has 160 valence electrons. The zero-order valence-corrected chi connectivity index (χ0v) is 18.1. The lowest BCUT2D eigenvalue weighted by atomic mass is 10.1. The van der Waals surface area contributed by atoms with Crippen LogP contribution in [-0.2, 0) is 4.74 Å². The fraction of sp³-hybridized carbons (Fsp3) is 0.292. The van der Waals surface area contributed by atoms with Gasteiger partial charge in [-0.3, -0.25) is 0 Å². The molecule has 0 aliphatic carbocycles. The van der Waals surface area contributed by atoms with Gasteiger partial charge in [0.05, 0.1) is 22.7 Å². The largest absolute Gasteiger partial charge is 0.459 e. The molecule has 0 bridgehead atoms. The molecular weight excluding hydrogens is 397 g/mol. The van der Waals surface area contributed by atoms with E-state index in [1.807, 2.05) is 25.8 Å². The predicted molar refractivity (Wildman–Crippen MR) is 119 cm³/mol. The highest BCUT2D eigenvalue weighted by Crippen LogP contribution is 2.34. The van der Waals surface area contributed by atoms with E-state index < -0.39 is 5.97 Å². The number of benzene rings is 2. The molecule has 0 saturated carbocycles. The molecule has 0 aliphatic heterocycles. The van der Waals surface area contributed by atoms with E-state index in [1.54, 1.807) is 44.2 Å². The summed E-state index contributed by atoms with van der Waals surface area (Å²) in [6, 6.07) is 11.4. The average molecular weight is 421 g/mol. The van der Waals surface area contributed by atoms with Gasteiger partial charge in [-0.05, 0) is 70.2 Å². The zero-order chi connectivity index (χ0) is 22.3. The van der Waals surface area contributed by atoms with Crippen LogP contribution in [-0.4, -0.2) is 35.1 Å². The molecule has 0 saturated heterocycles. The minimum Gasteiger partial charge on any atom is -0.459 e. The van der Waals surface area contributed by atoms with Crippen molar-refractivity contribution in [2.75, 3.05) is 11.9 Å². The molecule has 7 heteroatoms. The van der Waals surface area contributed by atoms with Crippen LogP contribution in [0.4, 0.5) is 10.2 Å². The van der Waals surface area contributed by atoms with Crippen LogP contribution in [0.5, 0.6) is 0 Å². The number of rotatable bonds is 5. The topological polar surface area (TPSA) is 68.5 Å². The molecule has 0 N–H and O–H groups in total. The molecule has 4 rings (SSSR count). The first-order valence-electron chi connectivity index (χ1n) is 10.2. The van der Waals surface area contributed by atoms with E-state index in [1.165, 1.54) is 12.1 Å². The molecule has 0 unspecified atom stereocenters. The summed E-state index contributed by atoms with van der Waals surface area (Å²) >= 11 is 0. The minimum absolute atomic E-state index is 0.140. The van der Waals surface area contributed by atoms with Gasteiger partial charge in [0.2, 0.25) is 0 Å². The van der Waals surface area contributed by atoms with E-state index in [0.717, 1.165) is 0 Å². The molecule has 2 aromatic heterocycles. The maximum absolute atomic E-state index is 13.6. The van der Waals surface area contributed by atoms with Gasteiger partial charge in [0, 0.05) is 18.5 Å². The molecule has 0 fully saturated rings. The SMILES string of the molecule is CC(C)OC(=O)c1ccc2nc(-c3cc4cc(F)ccc4o3)c(N(C)C(C)C)nc2c1. The molecule has 0 radical (unpaired) electrons. The van der Waals surface area contributed by atoms with Crippen molar-refractivity contribution in [3.05, 3.63) is 53.8 Å². The molecule has 0 amide bonds. The van der Waals surface area contributed by atoms with Gasteiger partial charge in [0.1, 0.15) is 17.1 Å². The highest BCUT2D eigenvalue weighted by molar-refractivity contribution is 5.95. The van der Waals surface area contributed by atoms with Crippen molar-refractivity contribution in [3.63, 3.8) is 0 Å². The van der Waals surface area contributed by atoms with Crippen molar-refractivity contribution in [2.45, 2.75) is 39.8 Å². The molecule has 0 atom stereocenters. The second kappa shape index (κ2) is 7.98. The zero-order valence-electron chi connectivity index (χ0n) is 18.1. The summed E-state index contributed by atoms with van der Waals surface area (Å²) in [4.78, 5) is 23.9. The highest BCUT2D eigenvalue weighted by atomic mass is 19.1. The fourth-order valence-electron chi connectivity index (χ4n) is 3.24. The van der Waals surface area contributed by atoms with Crippen LogP contribution in [0, 0.1) is 5.82 Å². The molecule has 0 aliphatic rings. The standard InChI is InChI=1S/C24H24FN3O3/c1-13(2)28(5)23-22(21-12-16-10-17(25)7-9-20(16)31-21)26-18-8-6-15(11-19(18)27-23)24(29)30-14(3)4/h6-14H,1-5H3. The van der Waals surface area contributed by atoms with Crippen LogP contribution >= 0.6 is 0 Å². The van der Waals surface area contributed by atoms with Gasteiger partial charge in [-0.25, -0.2) is 19.2 Å². The predicted octanol–water partition coefficient (Wildman–Crippen LogP) is 5.59. The Morgan fingerprint density at radius 2 is 1.81 bits per heavy atom. The molecule has 2 aromatic carbocycles. The van der Waals surface area contributed by atoms with E-state index >= 15 is 0 Å². The molecule has 4 aromatic rings.